The number of nitrogen functional groups attached to an aromatic ring is 1. The minimum Gasteiger partial charge on any atom is -0.399 e. The molecule has 0 aromatic heterocycles. The van der Waals surface area contributed by atoms with Crippen LogP contribution in [0.3, 0.4) is 0 Å². The second-order valence-electron chi connectivity index (χ2n) is 5.50. The minimum absolute atomic E-state index is 0.289. The number of anilines is 3. The van der Waals surface area contributed by atoms with Gasteiger partial charge >= 0.3 is 11.8 Å². The standard InChI is InChI=1S/C18H19N3O3/c1-11-4-7-15(10-12(11)2)20-17(23)18(24)21(13(3)22)16-8-5-14(19)6-9-16/h4-10H,19H2,1-3H3,(H,20,23). The maximum absolute atomic E-state index is 12.4. The van der Waals surface area contributed by atoms with E-state index in [1.54, 1.807) is 24.3 Å². The molecule has 6 nitrogen and oxygen atoms in total. The van der Waals surface area contributed by atoms with Gasteiger partial charge in [-0.3, -0.25) is 14.4 Å². The number of imide groups is 1. The Labute approximate surface area is 140 Å². The van der Waals surface area contributed by atoms with Crippen molar-refractivity contribution >= 4 is 34.8 Å². The molecule has 0 heterocycles. The third-order valence-corrected chi connectivity index (χ3v) is 3.63. The fourth-order valence-electron chi connectivity index (χ4n) is 2.17. The first-order chi connectivity index (χ1) is 11.3. The van der Waals surface area contributed by atoms with Crippen LogP contribution in [0.25, 0.3) is 0 Å². The van der Waals surface area contributed by atoms with Gasteiger partial charge in [0.2, 0.25) is 5.91 Å². The molecular weight excluding hydrogens is 306 g/mol. The fraction of sp³-hybridized carbons (Fsp3) is 0.167. The summed E-state index contributed by atoms with van der Waals surface area (Å²) in [5, 5.41) is 2.52. The van der Waals surface area contributed by atoms with Gasteiger partial charge in [0, 0.05) is 18.3 Å². The quantitative estimate of drug-likeness (QED) is 0.655. The number of aryl methyl sites for hydroxylation is 2. The van der Waals surface area contributed by atoms with Gasteiger partial charge < -0.3 is 11.1 Å². The summed E-state index contributed by atoms with van der Waals surface area (Å²) in [6.07, 6.45) is 0. The zero-order chi connectivity index (χ0) is 17.9. The summed E-state index contributed by atoms with van der Waals surface area (Å²) >= 11 is 0. The van der Waals surface area contributed by atoms with Crippen LogP contribution in [0, 0.1) is 13.8 Å². The number of hydrogen-bond donors (Lipinski definition) is 2. The number of nitrogens with zero attached hydrogens (tertiary/aromatic N) is 1. The average molecular weight is 325 g/mol. The van der Waals surface area contributed by atoms with Crippen molar-refractivity contribution in [3.8, 4) is 0 Å². The fourth-order valence-corrected chi connectivity index (χ4v) is 2.17. The molecule has 124 valence electrons. The van der Waals surface area contributed by atoms with Crippen LogP contribution in [-0.2, 0) is 14.4 Å². The Bertz CT molecular complexity index is 798. The maximum atomic E-state index is 12.4. The Balaban J connectivity index is 2.22. The highest BCUT2D eigenvalue weighted by molar-refractivity contribution is 6.48. The highest BCUT2D eigenvalue weighted by Gasteiger charge is 2.26. The van der Waals surface area contributed by atoms with Gasteiger partial charge in [-0.25, -0.2) is 4.90 Å². The highest BCUT2D eigenvalue weighted by atomic mass is 16.2. The van der Waals surface area contributed by atoms with E-state index in [0.29, 0.717) is 11.4 Å². The van der Waals surface area contributed by atoms with E-state index < -0.39 is 17.7 Å². The van der Waals surface area contributed by atoms with Gasteiger partial charge in [0.1, 0.15) is 0 Å². The van der Waals surface area contributed by atoms with E-state index in [-0.39, 0.29) is 5.69 Å². The number of carbonyl (C=O) groups excluding carboxylic acids is 3. The molecule has 0 aliphatic rings. The average Bonchev–Trinajstić information content (AvgIpc) is 2.52. The Morgan fingerprint density at radius 3 is 2.12 bits per heavy atom. The number of carbonyl (C=O) groups is 3. The van der Waals surface area contributed by atoms with Gasteiger partial charge in [-0.05, 0) is 61.4 Å². The van der Waals surface area contributed by atoms with Gasteiger partial charge in [-0.15, -0.1) is 0 Å². The molecule has 0 unspecified atom stereocenters. The van der Waals surface area contributed by atoms with Crippen molar-refractivity contribution < 1.29 is 14.4 Å². The molecule has 2 rings (SSSR count). The number of hydrogen-bond acceptors (Lipinski definition) is 4. The van der Waals surface area contributed by atoms with Crippen molar-refractivity contribution in [1.29, 1.82) is 0 Å². The summed E-state index contributed by atoms with van der Waals surface area (Å²) in [6.45, 7) is 5.07. The van der Waals surface area contributed by atoms with Crippen molar-refractivity contribution in [2.24, 2.45) is 0 Å². The lowest BCUT2D eigenvalue weighted by molar-refractivity contribution is -0.136. The van der Waals surface area contributed by atoms with E-state index in [2.05, 4.69) is 5.32 Å². The van der Waals surface area contributed by atoms with Gasteiger partial charge in [-0.2, -0.15) is 0 Å². The van der Waals surface area contributed by atoms with E-state index in [1.807, 2.05) is 19.9 Å². The van der Waals surface area contributed by atoms with Crippen LogP contribution in [0.2, 0.25) is 0 Å². The van der Waals surface area contributed by atoms with Crippen LogP contribution in [-0.4, -0.2) is 17.7 Å². The zero-order valence-corrected chi connectivity index (χ0v) is 13.8. The Hall–Kier alpha value is -3.15. The molecule has 0 saturated heterocycles. The Morgan fingerprint density at radius 2 is 1.58 bits per heavy atom. The molecule has 3 amide bonds. The second-order valence-corrected chi connectivity index (χ2v) is 5.50. The number of rotatable bonds is 2. The zero-order valence-electron chi connectivity index (χ0n) is 13.8. The van der Waals surface area contributed by atoms with E-state index >= 15 is 0 Å². The smallest absolute Gasteiger partial charge is 0.323 e. The van der Waals surface area contributed by atoms with Crippen LogP contribution in [0.15, 0.2) is 42.5 Å². The predicted octanol–water partition coefficient (Wildman–Crippen LogP) is 2.40. The molecule has 2 aromatic rings. The van der Waals surface area contributed by atoms with E-state index in [9.17, 15) is 14.4 Å². The molecule has 0 aliphatic heterocycles. The molecule has 0 spiro atoms. The molecule has 2 aromatic carbocycles. The Kier molecular flexibility index (Phi) is 4.99. The van der Waals surface area contributed by atoms with Gasteiger partial charge in [0.25, 0.3) is 0 Å². The summed E-state index contributed by atoms with van der Waals surface area (Å²) < 4.78 is 0. The normalized spacial score (nSPS) is 10.1. The van der Waals surface area contributed by atoms with Gasteiger partial charge in [0.15, 0.2) is 0 Å². The van der Waals surface area contributed by atoms with Crippen molar-refractivity contribution in [2.75, 3.05) is 16.0 Å². The van der Waals surface area contributed by atoms with Gasteiger partial charge in [0.05, 0.1) is 5.69 Å². The lowest BCUT2D eigenvalue weighted by Gasteiger charge is -2.19. The summed E-state index contributed by atoms with van der Waals surface area (Å²) in [4.78, 5) is 37.2. The van der Waals surface area contributed by atoms with E-state index in [1.165, 1.54) is 19.1 Å². The van der Waals surface area contributed by atoms with Gasteiger partial charge in [-0.1, -0.05) is 6.07 Å². The van der Waals surface area contributed by atoms with Crippen molar-refractivity contribution in [3.05, 3.63) is 53.6 Å². The van der Waals surface area contributed by atoms with Crippen molar-refractivity contribution in [1.82, 2.24) is 0 Å². The summed E-state index contributed by atoms with van der Waals surface area (Å²) in [5.74, 6) is -2.39. The topological polar surface area (TPSA) is 92.5 Å². The maximum Gasteiger partial charge on any atom is 0.323 e. The molecule has 0 atom stereocenters. The van der Waals surface area contributed by atoms with E-state index in [4.69, 9.17) is 5.73 Å². The largest absolute Gasteiger partial charge is 0.399 e. The molecule has 0 aliphatic carbocycles. The number of nitrogens with two attached hydrogens (primary N) is 1. The number of nitrogens with one attached hydrogen (secondary N) is 1. The number of benzene rings is 2. The van der Waals surface area contributed by atoms with Crippen LogP contribution in [0.4, 0.5) is 17.1 Å². The number of amides is 3. The Morgan fingerprint density at radius 1 is 0.958 bits per heavy atom. The lowest BCUT2D eigenvalue weighted by Crippen LogP contribution is -2.42. The monoisotopic (exact) mass is 325 g/mol. The van der Waals surface area contributed by atoms with Crippen LogP contribution in [0.5, 0.6) is 0 Å². The molecule has 3 N–H and O–H groups in total. The first-order valence-electron chi connectivity index (χ1n) is 7.38. The molecule has 0 radical (unpaired) electrons. The second kappa shape index (κ2) is 6.95. The third kappa shape index (κ3) is 3.78. The SMILES string of the molecule is CC(=O)N(C(=O)C(=O)Nc1ccc(C)c(C)c1)c1ccc(N)cc1. The molecule has 24 heavy (non-hydrogen) atoms. The minimum atomic E-state index is -0.953. The molecular formula is C18H19N3O3. The summed E-state index contributed by atoms with van der Waals surface area (Å²) in [7, 11) is 0. The van der Waals surface area contributed by atoms with Crippen LogP contribution in [0.1, 0.15) is 18.1 Å². The first-order valence-corrected chi connectivity index (χ1v) is 7.38. The molecule has 0 bridgehead atoms. The molecule has 6 heteroatoms. The third-order valence-electron chi connectivity index (χ3n) is 3.63. The molecule has 0 fully saturated rings. The lowest BCUT2D eigenvalue weighted by atomic mass is 10.1. The highest BCUT2D eigenvalue weighted by Crippen LogP contribution is 2.18. The molecule has 0 saturated carbocycles. The van der Waals surface area contributed by atoms with Crippen molar-refractivity contribution in [3.63, 3.8) is 0 Å². The predicted molar refractivity (Wildman–Crippen MR) is 93.6 cm³/mol. The van der Waals surface area contributed by atoms with Crippen LogP contribution >= 0.6 is 0 Å². The van der Waals surface area contributed by atoms with E-state index in [0.717, 1.165) is 16.0 Å². The van der Waals surface area contributed by atoms with Crippen molar-refractivity contribution in [2.45, 2.75) is 20.8 Å². The first kappa shape index (κ1) is 17.2. The summed E-state index contributed by atoms with van der Waals surface area (Å²) in [6, 6.07) is 11.4. The van der Waals surface area contributed by atoms with Crippen LogP contribution < -0.4 is 16.0 Å². The summed E-state index contributed by atoms with van der Waals surface area (Å²) in [5.41, 5.74) is 8.94.